The average molecular weight is 354 g/mol. The quantitative estimate of drug-likeness (QED) is 0.422. The Bertz CT molecular complexity index is 962. The van der Waals surface area contributed by atoms with Gasteiger partial charge >= 0.3 is 6.61 Å². The molecule has 1 nitrogen and oxygen atoms in total. The Morgan fingerprint density at radius 2 is 1.62 bits per heavy atom. The van der Waals surface area contributed by atoms with E-state index in [1.165, 1.54) is 17.7 Å². The van der Waals surface area contributed by atoms with Gasteiger partial charge in [0.15, 0.2) is 0 Å². The molecule has 1 aliphatic carbocycles. The minimum Gasteiger partial charge on any atom is -0.435 e. The molecule has 0 saturated heterocycles. The van der Waals surface area contributed by atoms with Gasteiger partial charge in [-0.25, -0.2) is 4.39 Å². The molecule has 0 bridgehead atoms. The number of hydrogen-bond donors (Lipinski definition) is 0. The Hall–Kier alpha value is -2.75. The van der Waals surface area contributed by atoms with Crippen LogP contribution in [0.4, 0.5) is 13.2 Å². The highest BCUT2D eigenvalue weighted by Crippen LogP contribution is 2.41. The predicted molar refractivity (Wildman–Crippen MR) is 96.1 cm³/mol. The summed E-state index contributed by atoms with van der Waals surface area (Å²) in [5.41, 5.74) is 6.21. The zero-order valence-corrected chi connectivity index (χ0v) is 14.2. The van der Waals surface area contributed by atoms with Gasteiger partial charge in [-0.3, -0.25) is 0 Å². The highest BCUT2D eigenvalue weighted by atomic mass is 19.3. The van der Waals surface area contributed by atoms with Crippen molar-refractivity contribution in [3.05, 3.63) is 77.1 Å². The molecule has 0 radical (unpaired) electrons. The molecule has 4 rings (SSSR count). The van der Waals surface area contributed by atoms with Crippen LogP contribution in [0.25, 0.3) is 22.3 Å². The third-order valence-corrected chi connectivity index (χ3v) is 4.87. The number of halogens is 3. The summed E-state index contributed by atoms with van der Waals surface area (Å²) >= 11 is 0. The molecule has 3 aromatic carbocycles. The normalized spacial score (nSPS) is 12.2. The summed E-state index contributed by atoms with van der Waals surface area (Å²) in [5, 5.41) is 0. The molecule has 0 heterocycles. The minimum atomic E-state index is -2.87. The lowest BCUT2D eigenvalue weighted by atomic mass is 9.98. The van der Waals surface area contributed by atoms with Gasteiger partial charge in [0.05, 0.1) is 0 Å². The van der Waals surface area contributed by atoms with E-state index in [1.54, 1.807) is 18.2 Å². The first-order chi connectivity index (χ1) is 12.6. The number of rotatable bonds is 4. The van der Waals surface area contributed by atoms with Crippen molar-refractivity contribution in [1.29, 1.82) is 0 Å². The van der Waals surface area contributed by atoms with E-state index in [-0.39, 0.29) is 11.6 Å². The molecule has 0 aromatic heterocycles. The van der Waals surface area contributed by atoms with E-state index in [1.807, 2.05) is 6.07 Å². The van der Waals surface area contributed by atoms with Gasteiger partial charge in [0.2, 0.25) is 0 Å². The van der Waals surface area contributed by atoms with Crippen LogP contribution in [-0.4, -0.2) is 6.61 Å². The van der Waals surface area contributed by atoms with Gasteiger partial charge in [-0.1, -0.05) is 49.4 Å². The van der Waals surface area contributed by atoms with Gasteiger partial charge < -0.3 is 4.74 Å². The molecule has 132 valence electrons. The van der Waals surface area contributed by atoms with Gasteiger partial charge in [0.1, 0.15) is 11.6 Å². The third kappa shape index (κ3) is 2.85. The molecule has 26 heavy (non-hydrogen) atoms. The zero-order chi connectivity index (χ0) is 18.3. The molecule has 0 aliphatic heterocycles. The molecule has 0 spiro atoms. The van der Waals surface area contributed by atoms with Crippen LogP contribution in [0.5, 0.6) is 5.75 Å². The first kappa shape index (κ1) is 16.7. The molecule has 3 aromatic rings. The standard InChI is InChI=1S/C22H17F3O/c1-2-13-3-8-17-15(11-13)12-20-19(17)10-9-18(21(20)23)14-4-6-16(7-5-14)26-22(24)25/h3-11,22H,2,12H2,1H3. The van der Waals surface area contributed by atoms with Crippen LogP contribution in [-0.2, 0) is 12.8 Å². The van der Waals surface area contributed by atoms with Crippen LogP contribution in [0.15, 0.2) is 54.6 Å². The van der Waals surface area contributed by atoms with E-state index < -0.39 is 6.61 Å². The van der Waals surface area contributed by atoms with Crippen LogP contribution >= 0.6 is 0 Å². The second kappa shape index (κ2) is 6.52. The van der Waals surface area contributed by atoms with Gasteiger partial charge in [-0.15, -0.1) is 0 Å². The molecule has 0 amide bonds. The zero-order valence-electron chi connectivity index (χ0n) is 14.2. The number of hydrogen-bond acceptors (Lipinski definition) is 1. The maximum atomic E-state index is 15.2. The molecular formula is C22H17F3O. The summed E-state index contributed by atoms with van der Waals surface area (Å²) in [4.78, 5) is 0. The fourth-order valence-corrected chi connectivity index (χ4v) is 3.55. The second-order valence-corrected chi connectivity index (χ2v) is 6.38. The fraction of sp³-hybridized carbons (Fsp3) is 0.182. The fourth-order valence-electron chi connectivity index (χ4n) is 3.55. The van der Waals surface area contributed by atoms with E-state index >= 15 is 4.39 Å². The summed E-state index contributed by atoms with van der Waals surface area (Å²) in [5.74, 6) is -0.191. The van der Waals surface area contributed by atoms with Crippen molar-refractivity contribution < 1.29 is 17.9 Å². The van der Waals surface area contributed by atoms with E-state index in [2.05, 4.69) is 29.9 Å². The van der Waals surface area contributed by atoms with Crippen molar-refractivity contribution in [2.24, 2.45) is 0 Å². The monoisotopic (exact) mass is 354 g/mol. The van der Waals surface area contributed by atoms with Crippen LogP contribution in [0.2, 0.25) is 0 Å². The summed E-state index contributed by atoms with van der Waals surface area (Å²) in [7, 11) is 0. The first-order valence-corrected chi connectivity index (χ1v) is 8.55. The number of benzene rings is 3. The Labute approximate surface area is 150 Å². The van der Waals surface area contributed by atoms with Gasteiger partial charge in [0.25, 0.3) is 0 Å². The predicted octanol–water partition coefficient (Wildman–Crippen LogP) is 6.23. The highest BCUT2D eigenvalue weighted by molar-refractivity contribution is 5.81. The van der Waals surface area contributed by atoms with Crippen LogP contribution in [0, 0.1) is 5.82 Å². The van der Waals surface area contributed by atoms with Gasteiger partial charge in [0, 0.05) is 17.5 Å². The second-order valence-electron chi connectivity index (χ2n) is 6.38. The molecule has 0 N–H and O–H groups in total. The van der Waals surface area contributed by atoms with E-state index in [0.29, 0.717) is 23.1 Å². The Balaban J connectivity index is 1.70. The largest absolute Gasteiger partial charge is 0.435 e. The van der Waals surface area contributed by atoms with Crippen molar-refractivity contribution in [1.82, 2.24) is 0 Å². The van der Waals surface area contributed by atoms with Crippen LogP contribution in [0.1, 0.15) is 23.6 Å². The maximum Gasteiger partial charge on any atom is 0.387 e. The molecule has 0 fully saturated rings. The van der Waals surface area contributed by atoms with Crippen molar-refractivity contribution in [2.45, 2.75) is 26.4 Å². The first-order valence-electron chi connectivity index (χ1n) is 8.55. The van der Waals surface area contributed by atoms with Crippen LogP contribution in [0.3, 0.4) is 0 Å². The Morgan fingerprint density at radius 1 is 0.923 bits per heavy atom. The maximum absolute atomic E-state index is 15.2. The summed E-state index contributed by atoms with van der Waals surface area (Å²) in [6.07, 6.45) is 1.52. The Kier molecular flexibility index (Phi) is 4.19. The van der Waals surface area contributed by atoms with Gasteiger partial charge in [-0.2, -0.15) is 8.78 Å². The summed E-state index contributed by atoms with van der Waals surface area (Å²) in [6.45, 7) is -0.770. The van der Waals surface area contributed by atoms with Crippen molar-refractivity contribution >= 4 is 0 Å². The van der Waals surface area contributed by atoms with Crippen LogP contribution < -0.4 is 4.74 Å². The highest BCUT2D eigenvalue weighted by Gasteiger charge is 2.24. The molecule has 4 heteroatoms. The SMILES string of the molecule is CCc1ccc2c(c1)Cc1c-2ccc(-c2ccc(OC(F)F)cc2)c1F. The molecular weight excluding hydrogens is 337 g/mol. The van der Waals surface area contributed by atoms with Crippen molar-refractivity contribution in [3.63, 3.8) is 0 Å². The Morgan fingerprint density at radius 3 is 2.31 bits per heavy atom. The van der Waals surface area contributed by atoms with Crippen molar-refractivity contribution in [2.75, 3.05) is 0 Å². The molecule has 0 unspecified atom stereocenters. The lowest BCUT2D eigenvalue weighted by Gasteiger charge is -2.10. The lowest BCUT2D eigenvalue weighted by molar-refractivity contribution is -0.0498. The molecule has 0 atom stereocenters. The molecule has 1 aliphatic rings. The smallest absolute Gasteiger partial charge is 0.387 e. The summed E-state index contributed by atoms with van der Waals surface area (Å²) in [6, 6.07) is 16.0. The van der Waals surface area contributed by atoms with E-state index in [9.17, 15) is 8.78 Å². The topological polar surface area (TPSA) is 9.23 Å². The average Bonchev–Trinajstić information content (AvgIpc) is 3.01. The minimum absolute atomic E-state index is 0.0600. The van der Waals surface area contributed by atoms with E-state index in [4.69, 9.17) is 0 Å². The number of ether oxygens (including phenoxy) is 1. The number of alkyl halides is 2. The van der Waals surface area contributed by atoms with Crippen molar-refractivity contribution in [3.8, 4) is 28.0 Å². The van der Waals surface area contributed by atoms with Gasteiger partial charge in [-0.05, 0) is 46.4 Å². The molecule has 0 saturated carbocycles. The number of fused-ring (bicyclic) bond motifs is 3. The summed E-state index contributed by atoms with van der Waals surface area (Å²) < 4.78 is 44.0. The lowest BCUT2D eigenvalue weighted by Crippen LogP contribution is -2.01. The number of aryl methyl sites for hydroxylation is 1. The third-order valence-electron chi connectivity index (χ3n) is 4.87. The van der Waals surface area contributed by atoms with E-state index in [0.717, 1.165) is 23.1 Å².